The van der Waals surface area contributed by atoms with Crippen molar-refractivity contribution in [1.29, 1.82) is 0 Å². The quantitative estimate of drug-likeness (QED) is 0.146. The fraction of sp³-hybridized carbons (Fsp3) is 0.268. The van der Waals surface area contributed by atoms with Gasteiger partial charge in [0.05, 0.1) is 0 Å². The van der Waals surface area contributed by atoms with Gasteiger partial charge in [-0.3, -0.25) is 4.79 Å². The van der Waals surface area contributed by atoms with Crippen LogP contribution < -0.4 is 15.5 Å². The third-order valence-electron chi connectivity index (χ3n) is 9.84. The van der Waals surface area contributed by atoms with Crippen LogP contribution in [0, 0.1) is 5.41 Å². The summed E-state index contributed by atoms with van der Waals surface area (Å²) in [6, 6.07) is 27.5. The zero-order chi connectivity index (χ0) is 36.6. The number of benzene rings is 3. The molecule has 264 valence electrons. The minimum absolute atomic E-state index is 0.0521. The zero-order valence-corrected chi connectivity index (χ0v) is 31.2. The van der Waals surface area contributed by atoms with Gasteiger partial charge < -0.3 is 5.32 Å². The van der Waals surface area contributed by atoms with Crippen LogP contribution in [0.1, 0.15) is 62.6 Å². The molecule has 3 N–H and O–H groups in total. The molecule has 52 heavy (non-hydrogen) atoms. The number of fused-ring (bicyclic) bond motifs is 1. The summed E-state index contributed by atoms with van der Waals surface area (Å²) in [5, 5.41) is 8.53. The van der Waals surface area contributed by atoms with E-state index in [2.05, 4.69) is 57.1 Å². The summed E-state index contributed by atoms with van der Waals surface area (Å²) in [4.78, 5) is 37.6. The number of anilines is 2. The third kappa shape index (κ3) is 7.25. The molecule has 0 spiro atoms. The number of nitrogens with zero attached hydrogens (tertiary/aromatic N) is 3. The molecule has 8 nitrogen and oxygen atoms in total. The number of nitrogens with one attached hydrogen (secondary N) is 3. The molecule has 6 aromatic rings. The number of hydrogen-bond donors (Lipinski definition) is 3. The van der Waals surface area contributed by atoms with Crippen molar-refractivity contribution in [1.82, 2.24) is 19.9 Å². The summed E-state index contributed by atoms with van der Waals surface area (Å²) >= 11 is 12.8. The van der Waals surface area contributed by atoms with Crippen LogP contribution >= 0.6 is 23.2 Å². The number of rotatable bonds is 8. The van der Waals surface area contributed by atoms with Crippen LogP contribution in [-0.2, 0) is 4.79 Å². The summed E-state index contributed by atoms with van der Waals surface area (Å²) in [6.07, 6.45) is 5.39. The number of piperidine rings is 1. The summed E-state index contributed by atoms with van der Waals surface area (Å²) in [5.74, 6) is 0.452. The Balaban J connectivity index is 1.28. The molecule has 1 aliphatic heterocycles. The fourth-order valence-corrected chi connectivity index (χ4v) is 7.24. The SMILES string of the molecule is CC(c1ccc(Cl)cc1)n1cbc(-c2ccccc2)c1-c1c(C(=O)Nc2cccnc2N2CCC(NC(=O)C(C)(C)C)CC2)[nH]c2cc(Cl)ccc12. The van der Waals surface area contributed by atoms with E-state index in [0.29, 0.717) is 40.3 Å². The van der Waals surface area contributed by atoms with E-state index in [9.17, 15) is 9.59 Å². The van der Waals surface area contributed by atoms with Gasteiger partial charge in [-0.2, -0.15) is 0 Å². The fourth-order valence-electron chi connectivity index (χ4n) is 6.94. The van der Waals surface area contributed by atoms with Gasteiger partial charge in [0.1, 0.15) is 0 Å². The first-order valence-electron chi connectivity index (χ1n) is 17.6. The average Bonchev–Trinajstić information content (AvgIpc) is 3.74. The number of carbonyl (C=O) groups is 2. The molecule has 7 rings (SSSR count). The van der Waals surface area contributed by atoms with E-state index in [-0.39, 0.29) is 23.9 Å². The summed E-state index contributed by atoms with van der Waals surface area (Å²) < 4.78 is 2.22. The molecule has 0 bridgehead atoms. The molecule has 0 radical (unpaired) electrons. The molecule has 4 heterocycles. The monoisotopic (exact) mass is 730 g/mol. The molecule has 1 atom stereocenters. The van der Waals surface area contributed by atoms with Crippen molar-refractivity contribution >= 4 is 64.3 Å². The van der Waals surface area contributed by atoms with Gasteiger partial charge in [-0.15, -0.1) is 0 Å². The van der Waals surface area contributed by atoms with E-state index >= 15 is 0 Å². The van der Waals surface area contributed by atoms with Crippen LogP contribution in [0.5, 0.6) is 0 Å². The topological polar surface area (TPSA) is 95.1 Å². The summed E-state index contributed by atoms with van der Waals surface area (Å²) in [6.45, 7) is 11.4. The van der Waals surface area contributed by atoms with Gasteiger partial charge in [-0.05, 0) is 0 Å². The number of pyridine rings is 1. The van der Waals surface area contributed by atoms with Gasteiger partial charge >= 0.3 is 274 Å². The first-order chi connectivity index (χ1) is 25.0. The molecule has 1 fully saturated rings. The Hall–Kier alpha value is -4.86. The van der Waals surface area contributed by atoms with Gasteiger partial charge in [0.2, 0.25) is 5.91 Å². The van der Waals surface area contributed by atoms with Crippen LogP contribution in [0.15, 0.2) is 97.2 Å². The van der Waals surface area contributed by atoms with E-state index in [1.165, 1.54) is 0 Å². The number of H-pyrrole nitrogens is 1. The number of hydrogen-bond acceptors (Lipinski definition) is 4. The van der Waals surface area contributed by atoms with Crippen molar-refractivity contribution in [2.24, 2.45) is 5.41 Å². The Morgan fingerprint density at radius 3 is 2.37 bits per heavy atom. The van der Waals surface area contributed by atoms with E-state index in [0.717, 1.165) is 51.6 Å². The standard InChI is InChI=1S/C41H41BCl2N6O2/c1-25(26-12-14-28(43)15-13-26)50-24-42-35(27-9-6-5-7-10-27)37(50)34-31-17-16-29(44)23-33(31)47-36(34)39(51)48-32-11-8-20-45-38(32)49-21-18-30(19-22-49)46-40(52)41(2,3)4/h5-17,20,23-25,30,47H,18-19,21-22H2,1-4H3,(H,46,52)(H,48,51). The first kappa shape index (κ1) is 35.5. The molecule has 11 heteroatoms. The Kier molecular flexibility index (Phi) is 10.0. The van der Waals surface area contributed by atoms with Crippen molar-refractivity contribution in [2.75, 3.05) is 23.3 Å². The number of carbonyl (C=O) groups excluding carboxylic acids is 2. The third-order valence-corrected chi connectivity index (χ3v) is 10.3. The molecule has 2 amide bonds. The molecule has 0 aliphatic carbocycles. The maximum absolute atomic E-state index is 14.6. The molecular weight excluding hydrogens is 690 g/mol. The maximum atomic E-state index is 14.6. The predicted octanol–water partition coefficient (Wildman–Crippen LogP) is 9.34. The second-order valence-corrected chi connectivity index (χ2v) is 15.3. The van der Waals surface area contributed by atoms with Crippen molar-refractivity contribution in [3.05, 3.63) is 119 Å². The number of amides is 2. The second-order valence-electron chi connectivity index (χ2n) is 14.5. The van der Waals surface area contributed by atoms with Gasteiger partial charge in [0.15, 0.2) is 0 Å². The number of halogens is 2. The van der Waals surface area contributed by atoms with Gasteiger partial charge in [0, 0.05) is 5.41 Å². The molecule has 1 unspecified atom stereocenters. The van der Waals surface area contributed by atoms with Gasteiger partial charge in [-0.1, -0.05) is 20.8 Å². The Morgan fingerprint density at radius 1 is 0.942 bits per heavy atom. The second kappa shape index (κ2) is 14.6. The van der Waals surface area contributed by atoms with Crippen LogP contribution in [0.25, 0.3) is 33.2 Å². The normalized spacial score (nSPS) is 14.3. The van der Waals surface area contributed by atoms with Crippen molar-refractivity contribution in [2.45, 2.75) is 52.6 Å². The summed E-state index contributed by atoms with van der Waals surface area (Å²) in [5.41, 5.74) is 6.12. The molecule has 1 saturated heterocycles. The van der Waals surface area contributed by atoms with Crippen molar-refractivity contribution in [3.63, 3.8) is 0 Å². The predicted molar refractivity (Wildman–Crippen MR) is 214 cm³/mol. The molecular formula is C41H41BCl2N6O2. The number of aromatic amines is 1. The first-order valence-corrected chi connectivity index (χ1v) is 18.4. The van der Waals surface area contributed by atoms with E-state index in [4.69, 9.17) is 28.2 Å². The summed E-state index contributed by atoms with van der Waals surface area (Å²) in [7, 11) is 0. The van der Waals surface area contributed by atoms with Crippen LogP contribution in [0.2, 0.25) is 10.0 Å². The van der Waals surface area contributed by atoms with Crippen molar-refractivity contribution in [3.8, 4) is 22.3 Å². The number of aromatic nitrogens is 3. The van der Waals surface area contributed by atoms with Crippen LogP contribution in [0.3, 0.4) is 0 Å². The van der Waals surface area contributed by atoms with E-state index in [1.807, 2.05) is 93.6 Å². The van der Waals surface area contributed by atoms with Crippen LogP contribution in [-0.4, -0.2) is 52.4 Å². The zero-order valence-electron chi connectivity index (χ0n) is 29.7. The van der Waals surface area contributed by atoms with Crippen molar-refractivity contribution < 1.29 is 9.59 Å². The molecule has 0 saturated carbocycles. The van der Waals surface area contributed by atoms with Gasteiger partial charge in [-0.25, -0.2) is 0 Å². The van der Waals surface area contributed by atoms with Gasteiger partial charge in [0.25, 0.3) is 0 Å². The molecule has 3 aromatic carbocycles. The molecule has 1 aliphatic rings. The average molecular weight is 732 g/mol. The van der Waals surface area contributed by atoms with Crippen LogP contribution in [0.4, 0.5) is 11.5 Å². The Bertz CT molecular complexity index is 2240. The van der Waals surface area contributed by atoms with E-state index < -0.39 is 5.41 Å². The minimum atomic E-state index is -0.445. The van der Waals surface area contributed by atoms with E-state index in [1.54, 1.807) is 6.20 Å². The Morgan fingerprint density at radius 2 is 1.65 bits per heavy atom. The molecule has 3 aromatic heterocycles. The Labute approximate surface area is 314 Å².